The van der Waals surface area contributed by atoms with Gasteiger partial charge in [0.15, 0.2) is 0 Å². The average Bonchev–Trinajstić information content (AvgIpc) is 1.33. The molecule has 0 saturated heterocycles. The summed E-state index contributed by atoms with van der Waals surface area (Å²) in [5.74, 6) is 5.34. The van der Waals surface area contributed by atoms with Crippen LogP contribution in [0.1, 0.15) is 25.0 Å². The van der Waals surface area contributed by atoms with Gasteiger partial charge in [0.1, 0.15) is 34.5 Å². The molecular formula is C93H61BN4O3S2. The first-order valence-corrected chi connectivity index (χ1v) is 36.7. The zero-order chi connectivity index (χ0) is 68.0. The fourth-order valence-corrected chi connectivity index (χ4v) is 18.8. The van der Waals surface area contributed by atoms with E-state index in [0.29, 0.717) is 0 Å². The molecule has 0 atom stereocenters. The van der Waals surface area contributed by atoms with Crippen LogP contribution >= 0.6 is 23.5 Å². The van der Waals surface area contributed by atoms with Crippen LogP contribution in [-0.4, -0.2) is 15.8 Å². The lowest BCUT2D eigenvalue weighted by Crippen LogP contribution is -2.57. The predicted octanol–water partition coefficient (Wildman–Crippen LogP) is 23.9. The molecule has 0 fully saturated rings. The third-order valence-corrected chi connectivity index (χ3v) is 23.6. The van der Waals surface area contributed by atoms with Crippen LogP contribution in [0.15, 0.2) is 353 Å². The second-order valence-electron chi connectivity index (χ2n) is 27.5. The van der Waals surface area contributed by atoms with Crippen LogP contribution < -0.4 is 40.4 Å². The van der Waals surface area contributed by atoms with Crippen molar-refractivity contribution < 1.29 is 14.2 Å². The molecule has 0 amide bonds. The van der Waals surface area contributed by atoms with Crippen molar-refractivity contribution in [3.05, 3.63) is 345 Å². The summed E-state index contributed by atoms with van der Waals surface area (Å²) in [5, 5.41) is 4.93. The van der Waals surface area contributed by atoms with Crippen molar-refractivity contribution in [3.63, 3.8) is 0 Å². The molecule has 5 aliphatic heterocycles. The van der Waals surface area contributed by atoms with E-state index in [2.05, 4.69) is 330 Å². The monoisotopic (exact) mass is 1360 g/mol. The Morgan fingerprint density at radius 2 is 0.854 bits per heavy atom. The topological polar surface area (TPSA) is 44.0 Å². The van der Waals surface area contributed by atoms with Crippen LogP contribution in [0.5, 0.6) is 34.5 Å². The molecule has 0 bridgehead atoms. The number of rotatable bonds is 6. The number of hydrogen-bond donors (Lipinski definition) is 0. The standard InChI is InChI=1S/C48H29BN2O2S.C45H32N2OS/c1-2-11-32(12-3-1)51-39-16-7-9-20-46(39)54-47-29-40-35(28-41(47)51)34-13-4-6-15-38(34)50(40)33-24-21-30(22-25-33)31-23-26-37-45(27-31)53-44-19-10-18-43-48(44)49(37)36-14-5-8-17-42(36)52-43;1-45(2)34-18-7-9-20-37(34)46(31-14-4-3-5-15-31)38-24-23-30(28-35(38)45)29-13-12-16-32(27-29)47-36-19-8-6-17-33(36)43-39(47)25-26-41-44(43)49-42-22-11-10-21-40(42)48-41/h1-29H;3-28H,1-2H3. The van der Waals surface area contributed by atoms with Crippen LogP contribution in [0.25, 0.3) is 77.2 Å². The Balaban J connectivity index is 0.000000134. The molecule has 17 aromatic rings. The molecule has 7 nitrogen and oxygen atoms in total. The quantitative estimate of drug-likeness (QED) is 0.154. The van der Waals surface area contributed by atoms with Gasteiger partial charge >= 0.3 is 0 Å². The number of nitrogens with zero attached hydrogens (tertiary/aromatic N) is 4. The minimum Gasteiger partial charge on any atom is -0.458 e. The Morgan fingerprint density at radius 3 is 1.66 bits per heavy atom. The highest BCUT2D eigenvalue weighted by Gasteiger charge is 2.41. The van der Waals surface area contributed by atoms with Gasteiger partial charge in [-0.3, -0.25) is 0 Å². The van der Waals surface area contributed by atoms with E-state index in [9.17, 15) is 0 Å². The van der Waals surface area contributed by atoms with Gasteiger partial charge in [0, 0.05) is 65.0 Å². The Hall–Kier alpha value is -12.3. The first-order chi connectivity index (χ1) is 50.8. The molecule has 486 valence electrons. The molecular weight excluding hydrogens is 1300 g/mol. The number of para-hydroxylation sites is 8. The van der Waals surface area contributed by atoms with E-state index in [1.54, 1.807) is 11.8 Å². The first kappa shape index (κ1) is 59.5. The van der Waals surface area contributed by atoms with Crippen molar-refractivity contribution in [1.29, 1.82) is 0 Å². The minimum absolute atomic E-state index is 0.0637. The summed E-state index contributed by atoms with van der Waals surface area (Å²) in [4.78, 5) is 9.62. The van der Waals surface area contributed by atoms with Crippen LogP contribution in [0, 0.1) is 0 Å². The maximum atomic E-state index is 6.59. The highest BCUT2D eigenvalue weighted by Crippen LogP contribution is 2.57. The number of anilines is 6. The van der Waals surface area contributed by atoms with Crippen molar-refractivity contribution in [2.75, 3.05) is 9.80 Å². The second kappa shape index (κ2) is 23.4. The average molecular weight is 1360 g/mol. The molecule has 0 N–H and O–H groups in total. The van der Waals surface area contributed by atoms with Gasteiger partial charge in [0.25, 0.3) is 6.71 Å². The Bertz CT molecular complexity index is 6370. The summed E-state index contributed by atoms with van der Waals surface area (Å²) in [5.41, 5.74) is 24.8. The van der Waals surface area contributed by atoms with E-state index in [0.717, 1.165) is 78.5 Å². The predicted molar refractivity (Wildman–Crippen MR) is 426 cm³/mol. The number of benzene rings is 15. The van der Waals surface area contributed by atoms with Crippen molar-refractivity contribution in [2.24, 2.45) is 0 Å². The molecule has 0 spiro atoms. The van der Waals surface area contributed by atoms with E-state index in [4.69, 9.17) is 14.2 Å². The molecule has 5 aliphatic rings. The van der Waals surface area contributed by atoms with Crippen molar-refractivity contribution in [3.8, 4) is 68.1 Å². The van der Waals surface area contributed by atoms with Crippen LogP contribution in [-0.2, 0) is 5.41 Å². The third-order valence-electron chi connectivity index (χ3n) is 21.3. The normalized spacial score (nSPS) is 13.7. The smallest absolute Gasteiger partial charge is 0.260 e. The fraction of sp³-hybridized carbons (Fsp3) is 0.0323. The molecule has 22 rings (SSSR count). The zero-order valence-corrected chi connectivity index (χ0v) is 57.8. The van der Waals surface area contributed by atoms with Crippen LogP contribution in [0.3, 0.4) is 0 Å². The summed E-state index contributed by atoms with van der Waals surface area (Å²) in [6.07, 6.45) is 0. The van der Waals surface area contributed by atoms with E-state index in [1.807, 2.05) is 48.2 Å². The van der Waals surface area contributed by atoms with Crippen LogP contribution in [0.4, 0.5) is 34.1 Å². The van der Waals surface area contributed by atoms with Gasteiger partial charge in [-0.05, 0) is 196 Å². The summed E-state index contributed by atoms with van der Waals surface area (Å²) in [7, 11) is 0. The summed E-state index contributed by atoms with van der Waals surface area (Å²) >= 11 is 3.64. The highest BCUT2D eigenvalue weighted by atomic mass is 32.2. The van der Waals surface area contributed by atoms with Gasteiger partial charge in [-0.1, -0.05) is 219 Å². The SMILES string of the molecule is CC1(C)c2ccccc2N(c2ccccc2)c2ccc(-c3cccc(-n4c5ccccc5c5c6c(ccc54)Oc4ccccc4S6)c3)cc21.c1ccc(N2c3ccccc3Sc3cc4c(cc32)c2ccccc2n4-c2ccc(-c3ccc4c(c3)Oc3cccc5c3B4c3ccccc3O5)cc2)cc1. The minimum atomic E-state index is -0.172. The number of aromatic nitrogens is 2. The van der Waals surface area contributed by atoms with Gasteiger partial charge < -0.3 is 33.1 Å². The van der Waals surface area contributed by atoms with E-state index < -0.39 is 0 Å². The molecule has 0 radical (unpaired) electrons. The van der Waals surface area contributed by atoms with E-state index in [1.165, 1.54) is 114 Å². The van der Waals surface area contributed by atoms with Gasteiger partial charge in [-0.2, -0.15) is 0 Å². The lowest BCUT2D eigenvalue weighted by Gasteiger charge is -2.42. The summed E-state index contributed by atoms with van der Waals surface area (Å²) < 4.78 is 24.1. The zero-order valence-electron chi connectivity index (χ0n) is 56.2. The number of fused-ring (bicyclic) bond motifs is 17. The first-order valence-electron chi connectivity index (χ1n) is 35.1. The van der Waals surface area contributed by atoms with E-state index in [-0.39, 0.29) is 12.1 Å². The van der Waals surface area contributed by atoms with Crippen molar-refractivity contribution in [1.82, 2.24) is 9.13 Å². The van der Waals surface area contributed by atoms with Gasteiger partial charge in [0.2, 0.25) is 0 Å². The van der Waals surface area contributed by atoms with Gasteiger partial charge in [-0.25, -0.2) is 0 Å². The van der Waals surface area contributed by atoms with E-state index >= 15 is 0 Å². The number of ether oxygens (including phenoxy) is 3. The van der Waals surface area contributed by atoms with Gasteiger partial charge in [-0.15, -0.1) is 0 Å². The molecule has 10 heteroatoms. The lowest BCUT2D eigenvalue weighted by atomic mass is 9.35. The van der Waals surface area contributed by atoms with Crippen molar-refractivity contribution in [2.45, 2.75) is 38.8 Å². The lowest BCUT2D eigenvalue weighted by molar-refractivity contribution is 0.456. The molecule has 0 unspecified atom stereocenters. The second-order valence-corrected chi connectivity index (χ2v) is 29.6. The van der Waals surface area contributed by atoms with Crippen molar-refractivity contribution >= 4 is 124 Å². The highest BCUT2D eigenvalue weighted by molar-refractivity contribution is 8.00. The molecule has 0 aliphatic carbocycles. The third kappa shape index (κ3) is 9.41. The summed E-state index contributed by atoms with van der Waals surface area (Å²) in [6.45, 7) is 4.77. The summed E-state index contributed by atoms with van der Waals surface area (Å²) in [6, 6.07) is 120. The Kier molecular flexibility index (Phi) is 13.5. The maximum Gasteiger partial charge on any atom is 0.260 e. The largest absolute Gasteiger partial charge is 0.458 e. The van der Waals surface area contributed by atoms with Gasteiger partial charge in [0.05, 0.1) is 54.6 Å². The molecule has 0 saturated carbocycles. The molecule has 103 heavy (non-hydrogen) atoms. The van der Waals surface area contributed by atoms with Crippen LogP contribution in [0.2, 0.25) is 0 Å². The Labute approximate surface area is 605 Å². The Morgan fingerprint density at radius 1 is 0.291 bits per heavy atom. The maximum absolute atomic E-state index is 6.59. The molecule has 7 heterocycles. The fourth-order valence-electron chi connectivity index (χ4n) is 16.6. The number of hydrogen-bond acceptors (Lipinski definition) is 7. The molecule has 2 aromatic heterocycles. The molecule has 15 aromatic carbocycles.